The van der Waals surface area contributed by atoms with Gasteiger partial charge in [0.1, 0.15) is 17.5 Å². The molecule has 0 radical (unpaired) electrons. The molecule has 0 aliphatic carbocycles. The summed E-state index contributed by atoms with van der Waals surface area (Å²) in [4.78, 5) is 11.6. The van der Waals surface area contributed by atoms with Crippen LogP contribution in [0.25, 0.3) is 0 Å². The van der Waals surface area contributed by atoms with Crippen molar-refractivity contribution in [1.29, 1.82) is 5.26 Å². The van der Waals surface area contributed by atoms with Crippen molar-refractivity contribution >= 4 is 11.7 Å². The number of rotatable bonds is 6. The summed E-state index contributed by atoms with van der Waals surface area (Å²) in [5, 5.41) is 11.8. The van der Waals surface area contributed by atoms with Crippen LogP contribution in [0.4, 0.5) is 5.69 Å². The van der Waals surface area contributed by atoms with E-state index >= 15 is 0 Å². The Morgan fingerprint density at radius 3 is 2.22 bits per heavy atom. The highest BCUT2D eigenvalue weighted by Gasteiger charge is 2.13. The van der Waals surface area contributed by atoms with E-state index in [1.807, 2.05) is 12.1 Å². The second kappa shape index (κ2) is 7.85. The molecule has 0 spiro atoms. The SMILES string of the molecule is CCOC(=O)C(C)Nc1ccc(Oc2ccc(C#N)cc2)cc1. The van der Waals surface area contributed by atoms with E-state index in [2.05, 4.69) is 11.4 Å². The van der Waals surface area contributed by atoms with E-state index in [-0.39, 0.29) is 5.97 Å². The second-order valence-corrected chi connectivity index (χ2v) is 4.88. The molecule has 0 fully saturated rings. The van der Waals surface area contributed by atoms with Crippen LogP contribution in [0.15, 0.2) is 48.5 Å². The Labute approximate surface area is 135 Å². The third kappa shape index (κ3) is 4.75. The number of nitrogens with zero attached hydrogens (tertiary/aromatic N) is 1. The van der Waals surface area contributed by atoms with Gasteiger partial charge in [-0.25, -0.2) is 4.79 Å². The molecule has 1 atom stereocenters. The Morgan fingerprint density at radius 2 is 1.70 bits per heavy atom. The van der Waals surface area contributed by atoms with Crippen LogP contribution in [0.5, 0.6) is 11.5 Å². The first-order valence-corrected chi connectivity index (χ1v) is 7.33. The fourth-order valence-electron chi connectivity index (χ4n) is 1.93. The van der Waals surface area contributed by atoms with Crippen molar-refractivity contribution in [2.75, 3.05) is 11.9 Å². The van der Waals surface area contributed by atoms with Crippen molar-refractivity contribution in [3.05, 3.63) is 54.1 Å². The maximum atomic E-state index is 11.6. The molecule has 1 unspecified atom stereocenters. The van der Waals surface area contributed by atoms with Gasteiger partial charge >= 0.3 is 5.97 Å². The molecular formula is C18H18N2O3. The molecule has 0 heterocycles. The average molecular weight is 310 g/mol. The summed E-state index contributed by atoms with van der Waals surface area (Å²) >= 11 is 0. The van der Waals surface area contributed by atoms with E-state index in [0.29, 0.717) is 23.7 Å². The molecule has 0 aliphatic heterocycles. The average Bonchev–Trinajstić information content (AvgIpc) is 2.57. The first kappa shape index (κ1) is 16.4. The number of carbonyl (C=O) groups is 1. The molecular weight excluding hydrogens is 292 g/mol. The summed E-state index contributed by atoms with van der Waals surface area (Å²) in [6.07, 6.45) is 0. The highest BCUT2D eigenvalue weighted by atomic mass is 16.5. The third-order valence-electron chi connectivity index (χ3n) is 3.10. The highest BCUT2D eigenvalue weighted by Crippen LogP contribution is 2.23. The van der Waals surface area contributed by atoms with Gasteiger partial charge in [0.25, 0.3) is 0 Å². The number of anilines is 1. The highest BCUT2D eigenvalue weighted by molar-refractivity contribution is 5.78. The number of benzene rings is 2. The third-order valence-corrected chi connectivity index (χ3v) is 3.10. The van der Waals surface area contributed by atoms with Crippen molar-refractivity contribution in [2.45, 2.75) is 19.9 Å². The van der Waals surface area contributed by atoms with Gasteiger partial charge in [-0.3, -0.25) is 0 Å². The van der Waals surface area contributed by atoms with Gasteiger partial charge < -0.3 is 14.8 Å². The predicted octanol–water partition coefficient (Wildman–Crippen LogP) is 3.71. The van der Waals surface area contributed by atoms with Crippen LogP contribution >= 0.6 is 0 Å². The number of ether oxygens (including phenoxy) is 2. The van der Waals surface area contributed by atoms with E-state index in [1.54, 1.807) is 50.2 Å². The lowest BCUT2D eigenvalue weighted by Gasteiger charge is -2.14. The lowest BCUT2D eigenvalue weighted by Crippen LogP contribution is -2.28. The van der Waals surface area contributed by atoms with Gasteiger partial charge in [0.05, 0.1) is 18.2 Å². The minimum Gasteiger partial charge on any atom is -0.464 e. The summed E-state index contributed by atoms with van der Waals surface area (Å²) in [5.41, 5.74) is 1.39. The zero-order chi connectivity index (χ0) is 16.7. The lowest BCUT2D eigenvalue weighted by molar-refractivity contribution is -0.143. The maximum Gasteiger partial charge on any atom is 0.328 e. The standard InChI is InChI=1S/C18H18N2O3/c1-3-22-18(21)13(2)20-15-6-10-17(11-7-15)23-16-8-4-14(12-19)5-9-16/h4-11,13,20H,3H2,1-2H3. The molecule has 2 aromatic carbocycles. The minimum absolute atomic E-state index is 0.287. The molecule has 118 valence electrons. The van der Waals surface area contributed by atoms with Crippen molar-refractivity contribution in [3.8, 4) is 17.6 Å². The van der Waals surface area contributed by atoms with Crippen molar-refractivity contribution < 1.29 is 14.3 Å². The molecule has 0 bridgehead atoms. The number of hydrogen-bond acceptors (Lipinski definition) is 5. The Bertz CT molecular complexity index is 688. The van der Waals surface area contributed by atoms with E-state index < -0.39 is 6.04 Å². The van der Waals surface area contributed by atoms with Crippen LogP contribution in [-0.2, 0) is 9.53 Å². The van der Waals surface area contributed by atoms with Gasteiger partial charge in [0.15, 0.2) is 0 Å². The molecule has 23 heavy (non-hydrogen) atoms. The van der Waals surface area contributed by atoms with Crippen LogP contribution in [0.3, 0.4) is 0 Å². The lowest BCUT2D eigenvalue weighted by atomic mass is 10.2. The van der Waals surface area contributed by atoms with Crippen LogP contribution < -0.4 is 10.1 Å². The van der Waals surface area contributed by atoms with Crippen molar-refractivity contribution in [3.63, 3.8) is 0 Å². The molecule has 0 saturated heterocycles. The minimum atomic E-state index is -0.416. The summed E-state index contributed by atoms with van der Waals surface area (Å²) in [7, 11) is 0. The smallest absolute Gasteiger partial charge is 0.328 e. The Hall–Kier alpha value is -3.00. The normalized spacial score (nSPS) is 11.2. The molecule has 2 aromatic rings. The number of carbonyl (C=O) groups excluding carboxylic acids is 1. The summed E-state index contributed by atoms with van der Waals surface area (Å²) in [6, 6.07) is 15.8. The fraction of sp³-hybridized carbons (Fsp3) is 0.222. The first-order valence-electron chi connectivity index (χ1n) is 7.33. The van der Waals surface area contributed by atoms with Crippen molar-refractivity contribution in [2.24, 2.45) is 0 Å². The topological polar surface area (TPSA) is 71.3 Å². The van der Waals surface area contributed by atoms with E-state index in [1.165, 1.54) is 0 Å². The summed E-state index contributed by atoms with van der Waals surface area (Å²) < 4.78 is 10.6. The maximum absolute atomic E-state index is 11.6. The molecule has 5 heteroatoms. The molecule has 0 amide bonds. The van der Waals surface area contributed by atoms with Crippen LogP contribution in [0.2, 0.25) is 0 Å². The van der Waals surface area contributed by atoms with Crippen LogP contribution in [0.1, 0.15) is 19.4 Å². The van der Waals surface area contributed by atoms with E-state index in [4.69, 9.17) is 14.7 Å². The van der Waals surface area contributed by atoms with Gasteiger partial charge in [-0.1, -0.05) is 0 Å². The number of esters is 1. The van der Waals surface area contributed by atoms with Gasteiger partial charge in [0, 0.05) is 5.69 Å². The zero-order valence-corrected chi connectivity index (χ0v) is 13.1. The quantitative estimate of drug-likeness (QED) is 0.823. The fourth-order valence-corrected chi connectivity index (χ4v) is 1.93. The number of nitrogens with one attached hydrogen (secondary N) is 1. The van der Waals surface area contributed by atoms with Crippen LogP contribution in [0, 0.1) is 11.3 Å². The number of nitriles is 1. The van der Waals surface area contributed by atoms with Gasteiger partial charge in [0.2, 0.25) is 0 Å². The molecule has 5 nitrogen and oxygen atoms in total. The largest absolute Gasteiger partial charge is 0.464 e. The Morgan fingerprint density at radius 1 is 1.13 bits per heavy atom. The first-order chi connectivity index (χ1) is 11.1. The predicted molar refractivity (Wildman–Crippen MR) is 87.4 cm³/mol. The van der Waals surface area contributed by atoms with Gasteiger partial charge in [-0.15, -0.1) is 0 Å². The Kier molecular flexibility index (Phi) is 5.59. The Balaban J connectivity index is 1.96. The van der Waals surface area contributed by atoms with Crippen molar-refractivity contribution in [1.82, 2.24) is 0 Å². The van der Waals surface area contributed by atoms with E-state index in [0.717, 1.165) is 5.69 Å². The van der Waals surface area contributed by atoms with E-state index in [9.17, 15) is 4.79 Å². The molecule has 1 N–H and O–H groups in total. The monoisotopic (exact) mass is 310 g/mol. The molecule has 0 saturated carbocycles. The summed E-state index contributed by atoms with van der Waals surface area (Å²) in [5.74, 6) is 1.04. The van der Waals surface area contributed by atoms with Gasteiger partial charge in [-0.2, -0.15) is 5.26 Å². The molecule has 0 aromatic heterocycles. The molecule has 2 rings (SSSR count). The van der Waals surface area contributed by atoms with Gasteiger partial charge in [-0.05, 0) is 62.4 Å². The summed E-state index contributed by atoms with van der Waals surface area (Å²) in [6.45, 7) is 3.89. The second-order valence-electron chi connectivity index (χ2n) is 4.88. The van der Waals surface area contributed by atoms with Crippen LogP contribution in [-0.4, -0.2) is 18.6 Å². The molecule has 0 aliphatic rings. The number of hydrogen-bond donors (Lipinski definition) is 1. The zero-order valence-electron chi connectivity index (χ0n) is 13.1.